The Kier molecular flexibility index (Phi) is 4.71. The number of likely N-dealkylation sites (N-methyl/N-ethyl adjacent to an activating group) is 1. The minimum atomic E-state index is -0.431. The van der Waals surface area contributed by atoms with Crippen LogP contribution in [0.15, 0.2) is 42.5 Å². The number of nitrogens with zero attached hydrogens (tertiary/aromatic N) is 2. The molecule has 7 heteroatoms. The van der Waals surface area contributed by atoms with Crippen LogP contribution >= 0.6 is 0 Å². The summed E-state index contributed by atoms with van der Waals surface area (Å²) < 4.78 is 13.2. The van der Waals surface area contributed by atoms with Gasteiger partial charge in [0.15, 0.2) is 0 Å². The molecule has 2 aromatic rings. The van der Waals surface area contributed by atoms with Gasteiger partial charge in [-0.3, -0.25) is 14.4 Å². The third kappa shape index (κ3) is 3.42. The molecular formula is C19H18FN3O3. The number of hydrogen-bond acceptors (Lipinski definition) is 3. The van der Waals surface area contributed by atoms with E-state index in [4.69, 9.17) is 0 Å². The van der Waals surface area contributed by atoms with Gasteiger partial charge in [-0.1, -0.05) is 12.1 Å². The number of halogens is 1. The van der Waals surface area contributed by atoms with Crippen LogP contribution in [-0.2, 0) is 9.59 Å². The number of benzene rings is 2. The largest absolute Gasteiger partial charge is 0.332 e. The topological polar surface area (TPSA) is 69.7 Å². The molecule has 0 unspecified atom stereocenters. The maximum atomic E-state index is 13.2. The second-order valence-electron chi connectivity index (χ2n) is 6.17. The fourth-order valence-corrected chi connectivity index (χ4v) is 2.86. The number of carbonyl (C=O) groups is 3. The van der Waals surface area contributed by atoms with Crippen LogP contribution < -0.4 is 10.2 Å². The maximum Gasteiger partial charge on any atom is 0.256 e. The zero-order valence-electron chi connectivity index (χ0n) is 14.5. The third-order valence-electron chi connectivity index (χ3n) is 4.21. The molecule has 1 heterocycles. The zero-order valence-corrected chi connectivity index (χ0v) is 14.5. The predicted molar refractivity (Wildman–Crippen MR) is 95.5 cm³/mol. The highest BCUT2D eigenvalue weighted by molar-refractivity contribution is 6.12. The Morgan fingerprint density at radius 3 is 2.65 bits per heavy atom. The molecule has 2 aromatic carbocycles. The van der Waals surface area contributed by atoms with E-state index in [2.05, 4.69) is 5.32 Å². The molecule has 0 aliphatic carbocycles. The highest BCUT2D eigenvalue weighted by atomic mass is 19.1. The van der Waals surface area contributed by atoms with Crippen molar-refractivity contribution in [3.8, 4) is 0 Å². The fourth-order valence-electron chi connectivity index (χ4n) is 2.86. The van der Waals surface area contributed by atoms with Crippen LogP contribution in [0, 0.1) is 12.7 Å². The summed E-state index contributed by atoms with van der Waals surface area (Å²) in [6.45, 7) is 1.32. The summed E-state index contributed by atoms with van der Waals surface area (Å²) in [5.74, 6) is -1.44. The summed E-state index contributed by atoms with van der Waals surface area (Å²) >= 11 is 0. The third-order valence-corrected chi connectivity index (χ3v) is 4.21. The van der Waals surface area contributed by atoms with Crippen LogP contribution in [0.2, 0.25) is 0 Å². The Morgan fingerprint density at radius 2 is 1.92 bits per heavy atom. The van der Waals surface area contributed by atoms with Gasteiger partial charge in [0.25, 0.3) is 5.91 Å². The van der Waals surface area contributed by atoms with Crippen LogP contribution in [0.5, 0.6) is 0 Å². The number of amides is 3. The second kappa shape index (κ2) is 6.95. The number of hydrogen-bond donors (Lipinski definition) is 1. The number of rotatable bonds is 3. The van der Waals surface area contributed by atoms with Crippen LogP contribution in [0.4, 0.5) is 15.8 Å². The number of aryl methyl sites for hydroxylation is 1. The standard InChI is InChI=1S/C19H18FN3O3/c1-12-9-13(20)7-8-15(12)21-17(24)10-23-16-6-4-3-5-14(16)19(26)22(2)11-18(23)25/h3-9H,10-11H2,1-2H3,(H,21,24). The van der Waals surface area contributed by atoms with Crippen LogP contribution in [0.3, 0.4) is 0 Å². The highest BCUT2D eigenvalue weighted by Gasteiger charge is 2.30. The molecule has 3 rings (SSSR count). The van der Waals surface area contributed by atoms with Crippen LogP contribution in [0.25, 0.3) is 0 Å². The molecule has 0 spiro atoms. The zero-order chi connectivity index (χ0) is 18.8. The van der Waals surface area contributed by atoms with Crippen LogP contribution in [-0.4, -0.2) is 42.8 Å². The van der Waals surface area contributed by atoms with Gasteiger partial charge in [-0.05, 0) is 42.8 Å². The summed E-state index contributed by atoms with van der Waals surface area (Å²) in [4.78, 5) is 40.0. The van der Waals surface area contributed by atoms with Crippen molar-refractivity contribution in [3.63, 3.8) is 0 Å². The predicted octanol–water partition coefficient (Wildman–Crippen LogP) is 2.19. The molecule has 134 valence electrons. The van der Waals surface area contributed by atoms with E-state index < -0.39 is 11.7 Å². The molecule has 0 saturated carbocycles. The molecule has 0 bridgehead atoms. The lowest BCUT2D eigenvalue weighted by atomic mass is 10.1. The molecule has 1 N–H and O–H groups in total. The Morgan fingerprint density at radius 1 is 1.19 bits per heavy atom. The number of para-hydroxylation sites is 1. The first-order valence-electron chi connectivity index (χ1n) is 8.07. The van der Waals surface area contributed by atoms with Crippen molar-refractivity contribution in [2.75, 3.05) is 30.4 Å². The van der Waals surface area contributed by atoms with E-state index in [1.165, 1.54) is 28.0 Å². The van der Waals surface area contributed by atoms with Crippen molar-refractivity contribution < 1.29 is 18.8 Å². The summed E-state index contributed by atoms with van der Waals surface area (Å²) in [7, 11) is 1.54. The van der Waals surface area contributed by atoms with E-state index in [0.29, 0.717) is 22.5 Å². The van der Waals surface area contributed by atoms with E-state index >= 15 is 0 Å². The first-order chi connectivity index (χ1) is 12.4. The SMILES string of the molecule is Cc1cc(F)ccc1NC(=O)CN1C(=O)CN(C)C(=O)c2ccccc21. The Bertz CT molecular complexity index is 897. The number of nitrogens with one attached hydrogen (secondary N) is 1. The van der Waals surface area contributed by atoms with E-state index in [1.54, 1.807) is 38.2 Å². The molecule has 0 fully saturated rings. The molecule has 0 aromatic heterocycles. The number of fused-ring (bicyclic) bond motifs is 1. The maximum absolute atomic E-state index is 13.2. The molecule has 1 aliphatic heterocycles. The number of anilines is 2. The summed E-state index contributed by atoms with van der Waals surface area (Å²) in [6, 6.07) is 10.7. The van der Waals surface area contributed by atoms with Gasteiger partial charge in [0.05, 0.1) is 11.3 Å². The van der Waals surface area contributed by atoms with Crippen molar-refractivity contribution in [2.45, 2.75) is 6.92 Å². The fraction of sp³-hybridized carbons (Fsp3) is 0.211. The smallest absolute Gasteiger partial charge is 0.256 e. The molecule has 0 saturated heterocycles. The second-order valence-corrected chi connectivity index (χ2v) is 6.17. The molecule has 3 amide bonds. The van der Waals surface area contributed by atoms with Gasteiger partial charge in [-0.25, -0.2) is 4.39 Å². The van der Waals surface area contributed by atoms with Gasteiger partial charge in [-0.15, -0.1) is 0 Å². The monoisotopic (exact) mass is 355 g/mol. The van der Waals surface area contributed by atoms with E-state index in [-0.39, 0.29) is 24.9 Å². The normalized spacial score (nSPS) is 14.1. The van der Waals surface area contributed by atoms with Crippen molar-refractivity contribution in [2.24, 2.45) is 0 Å². The summed E-state index contributed by atoms with van der Waals surface area (Å²) in [5, 5.41) is 2.68. The molecule has 0 atom stereocenters. The molecule has 6 nitrogen and oxygen atoms in total. The van der Waals surface area contributed by atoms with Gasteiger partial charge in [-0.2, -0.15) is 0 Å². The highest BCUT2D eigenvalue weighted by Crippen LogP contribution is 2.25. The average molecular weight is 355 g/mol. The molecule has 0 radical (unpaired) electrons. The first kappa shape index (κ1) is 17.6. The van der Waals surface area contributed by atoms with Gasteiger partial charge in [0.1, 0.15) is 18.9 Å². The molecule has 26 heavy (non-hydrogen) atoms. The van der Waals surface area contributed by atoms with E-state index in [0.717, 1.165) is 0 Å². The van der Waals surface area contributed by atoms with Crippen molar-refractivity contribution >= 4 is 29.1 Å². The Labute approximate surface area is 150 Å². The van der Waals surface area contributed by atoms with E-state index in [9.17, 15) is 18.8 Å². The van der Waals surface area contributed by atoms with Crippen molar-refractivity contribution in [1.29, 1.82) is 0 Å². The van der Waals surface area contributed by atoms with Crippen molar-refractivity contribution in [3.05, 3.63) is 59.4 Å². The lowest BCUT2D eigenvalue weighted by Gasteiger charge is -2.22. The van der Waals surface area contributed by atoms with Gasteiger partial charge < -0.3 is 15.1 Å². The molecule has 1 aliphatic rings. The minimum absolute atomic E-state index is 0.115. The molecular weight excluding hydrogens is 337 g/mol. The average Bonchev–Trinajstić information content (AvgIpc) is 2.68. The lowest BCUT2D eigenvalue weighted by molar-refractivity contribution is -0.121. The van der Waals surface area contributed by atoms with Crippen LogP contribution in [0.1, 0.15) is 15.9 Å². The number of carbonyl (C=O) groups excluding carboxylic acids is 3. The Hall–Kier alpha value is -3.22. The van der Waals surface area contributed by atoms with E-state index in [1.807, 2.05) is 0 Å². The van der Waals surface area contributed by atoms with Crippen molar-refractivity contribution in [1.82, 2.24) is 4.90 Å². The first-order valence-corrected chi connectivity index (χ1v) is 8.07. The quantitative estimate of drug-likeness (QED) is 0.918. The van der Waals surface area contributed by atoms with Gasteiger partial charge in [0.2, 0.25) is 11.8 Å². The van der Waals surface area contributed by atoms with Gasteiger partial charge in [0, 0.05) is 12.7 Å². The lowest BCUT2D eigenvalue weighted by Crippen LogP contribution is -2.41. The Balaban J connectivity index is 1.85. The summed E-state index contributed by atoms with van der Waals surface area (Å²) in [5.41, 5.74) is 1.82. The van der Waals surface area contributed by atoms with Gasteiger partial charge >= 0.3 is 0 Å². The summed E-state index contributed by atoms with van der Waals surface area (Å²) in [6.07, 6.45) is 0. The minimum Gasteiger partial charge on any atom is -0.332 e.